The van der Waals surface area contributed by atoms with E-state index in [2.05, 4.69) is 5.32 Å². The molecule has 18 heavy (non-hydrogen) atoms. The van der Waals surface area contributed by atoms with Crippen molar-refractivity contribution in [3.63, 3.8) is 0 Å². The number of carbonyl (C=O) groups is 2. The molecule has 0 bridgehead atoms. The van der Waals surface area contributed by atoms with Crippen molar-refractivity contribution in [1.82, 2.24) is 5.32 Å². The van der Waals surface area contributed by atoms with Crippen LogP contribution in [0.2, 0.25) is 0 Å². The van der Waals surface area contributed by atoms with Crippen LogP contribution in [-0.4, -0.2) is 30.1 Å². The third-order valence-electron chi connectivity index (χ3n) is 2.36. The third kappa shape index (κ3) is 4.45. The number of carbonyl (C=O) groups excluding carboxylic acids is 1. The highest BCUT2D eigenvalue weighted by Crippen LogP contribution is 2.18. The highest BCUT2D eigenvalue weighted by atomic mass is 16.5. The second-order valence-corrected chi connectivity index (χ2v) is 4.56. The summed E-state index contributed by atoms with van der Waals surface area (Å²) in [4.78, 5) is 22.1. The monoisotopic (exact) mass is 251 g/mol. The van der Waals surface area contributed by atoms with Crippen LogP contribution >= 0.6 is 0 Å². The van der Waals surface area contributed by atoms with E-state index >= 15 is 0 Å². The normalized spacial score (nSPS) is 10.8. The number of hydrogen-bond acceptors (Lipinski definition) is 3. The number of nitrogens with one attached hydrogen (secondary N) is 1. The summed E-state index contributed by atoms with van der Waals surface area (Å²) in [6.45, 7) is 3.20. The maximum absolute atomic E-state index is 11.7. The molecule has 1 aromatic rings. The number of aliphatic carboxylic acids is 1. The fourth-order valence-corrected chi connectivity index (χ4v) is 1.24. The number of benzene rings is 1. The number of para-hydroxylation sites is 1. The quantitative estimate of drug-likeness (QED) is 0.799. The number of ether oxygens (including phenoxy) is 1. The Balaban J connectivity index is 2.48. The molecule has 0 aliphatic carbocycles. The van der Waals surface area contributed by atoms with Gasteiger partial charge in [0.05, 0.1) is 5.41 Å². The second-order valence-electron chi connectivity index (χ2n) is 4.56. The molecular weight excluding hydrogens is 234 g/mol. The summed E-state index contributed by atoms with van der Waals surface area (Å²) in [6, 6.07) is 9.15. The van der Waals surface area contributed by atoms with Crippen LogP contribution < -0.4 is 10.1 Å². The zero-order chi connectivity index (χ0) is 13.6. The van der Waals surface area contributed by atoms with E-state index in [-0.39, 0.29) is 19.1 Å². The number of hydrogen-bond donors (Lipinski definition) is 2. The zero-order valence-corrected chi connectivity index (χ0v) is 10.5. The SMILES string of the molecule is CC(C)(COc1ccccc1)C(=O)NCC(=O)O. The van der Waals surface area contributed by atoms with Crippen LogP contribution in [0, 0.1) is 5.41 Å². The van der Waals surface area contributed by atoms with Gasteiger partial charge in [-0.1, -0.05) is 18.2 Å². The average Bonchev–Trinajstić information content (AvgIpc) is 2.34. The van der Waals surface area contributed by atoms with Crippen LogP contribution in [0.4, 0.5) is 0 Å². The second kappa shape index (κ2) is 6.05. The van der Waals surface area contributed by atoms with Crippen molar-refractivity contribution < 1.29 is 19.4 Å². The summed E-state index contributed by atoms with van der Waals surface area (Å²) < 4.78 is 5.49. The lowest BCUT2D eigenvalue weighted by Crippen LogP contribution is -2.42. The van der Waals surface area contributed by atoms with Crippen LogP contribution in [0.3, 0.4) is 0 Å². The van der Waals surface area contributed by atoms with E-state index < -0.39 is 11.4 Å². The van der Waals surface area contributed by atoms with Crippen molar-refractivity contribution >= 4 is 11.9 Å². The molecule has 0 unspecified atom stereocenters. The number of amides is 1. The molecule has 0 aromatic heterocycles. The largest absolute Gasteiger partial charge is 0.492 e. The van der Waals surface area contributed by atoms with Crippen molar-refractivity contribution in [2.45, 2.75) is 13.8 Å². The molecule has 2 N–H and O–H groups in total. The van der Waals surface area contributed by atoms with E-state index in [4.69, 9.17) is 9.84 Å². The summed E-state index contributed by atoms with van der Waals surface area (Å²) in [5.41, 5.74) is -0.786. The first-order valence-corrected chi connectivity index (χ1v) is 5.60. The molecule has 0 heterocycles. The molecule has 5 nitrogen and oxygen atoms in total. The summed E-state index contributed by atoms with van der Waals surface area (Å²) in [5, 5.41) is 10.8. The molecule has 5 heteroatoms. The van der Waals surface area contributed by atoms with Crippen LogP contribution in [0.5, 0.6) is 5.75 Å². The van der Waals surface area contributed by atoms with Crippen LogP contribution in [0.15, 0.2) is 30.3 Å². The van der Waals surface area contributed by atoms with Gasteiger partial charge in [0, 0.05) is 0 Å². The zero-order valence-electron chi connectivity index (χ0n) is 10.5. The van der Waals surface area contributed by atoms with Gasteiger partial charge in [-0.3, -0.25) is 9.59 Å². The highest BCUT2D eigenvalue weighted by molar-refractivity contribution is 5.85. The molecule has 0 saturated carbocycles. The maximum Gasteiger partial charge on any atom is 0.322 e. The standard InChI is InChI=1S/C13H17NO4/c1-13(2,12(17)14-8-11(15)16)9-18-10-6-4-3-5-7-10/h3-7H,8-9H2,1-2H3,(H,14,17)(H,15,16). The lowest BCUT2D eigenvalue weighted by Gasteiger charge is -2.23. The van der Waals surface area contributed by atoms with Crippen molar-refractivity contribution in [2.24, 2.45) is 5.41 Å². The summed E-state index contributed by atoms with van der Waals surface area (Å²) in [7, 11) is 0. The Morgan fingerprint density at radius 1 is 1.28 bits per heavy atom. The van der Waals surface area contributed by atoms with Crippen LogP contribution in [0.25, 0.3) is 0 Å². The van der Waals surface area contributed by atoms with Crippen LogP contribution in [-0.2, 0) is 9.59 Å². The molecule has 0 saturated heterocycles. The lowest BCUT2D eigenvalue weighted by atomic mass is 9.93. The van der Waals surface area contributed by atoms with Gasteiger partial charge in [0.15, 0.2) is 0 Å². The van der Waals surface area contributed by atoms with Gasteiger partial charge < -0.3 is 15.2 Å². The van der Waals surface area contributed by atoms with Gasteiger partial charge in [0.2, 0.25) is 5.91 Å². The molecule has 0 atom stereocenters. The van der Waals surface area contributed by atoms with Crippen molar-refractivity contribution in [3.8, 4) is 5.75 Å². The Labute approximate surface area is 106 Å². The van der Waals surface area contributed by atoms with Gasteiger partial charge in [0.25, 0.3) is 0 Å². The first-order valence-electron chi connectivity index (χ1n) is 5.60. The smallest absolute Gasteiger partial charge is 0.322 e. The molecule has 98 valence electrons. The maximum atomic E-state index is 11.7. The van der Waals surface area contributed by atoms with E-state index in [1.54, 1.807) is 26.0 Å². The molecule has 0 fully saturated rings. The summed E-state index contributed by atoms with van der Waals surface area (Å²) in [5.74, 6) is -0.736. The molecule has 1 rings (SSSR count). The molecule has 1 aromatic carbocycles. The van der Waals surface area contributed by atoms with E-state index in [0.717, 1.165) is 0 Å². The van der Waals surface area contributed by atoms with E-state index in [0.29, 0.717) is 5.75 Å². The number of carboxylic acid groups (broad SMARTS) is 1. The minimum Gasteiger partial charge on any atom is -0.492 e. The van der Waals surface area contributed by atoms with Gasteiger partial charge in [0.1, 0.15) is 18.9 Å². The molecule has 0 aliphatic heterocycles. The fraction of sp³-hybridized carbons (Fsp3) is 0.385. The molecule has 0 spiro atoms. The third-order valence-corrected chi connectivity index (χ3v) is 2.36. The Bertz CT molecular complexity index is 414. The predicted octanol–water partition coefficient (Wildman–Crippen LogP) is 1.29. The van der Waals surface area contributed by atoms with E-state index in [1.165, 1.54) is 0 Å². The molecule has 0 aliphatic rings. The van der Waals surface area contributed by atoms with Crippen molar-refractivity contribution in [3.05, 3.63) is 30.3 Å². The van der Waals surface area contributed by atoms with Gasteiger partial charge in [-0.05, 0) is 26.0 Å². The Hall–Kier alpha value is -2.04. The van der Waals surface area contributed by atoms with Crippen molar-refractivity contribution in [1.29, 1.82) is 0 Å². The van der Waals surface area contributed by atoms with Gasteiger partial charge in [-0.2, -0.15) is 0 Å². The Morgan fingerprint density at radius 3 is 2.44 bits per heavy atom. The van der Waals surface area contributed by atoms with Crippen molar-refractivity contribution in [2.75, 3.05) is 13.2 Å². The summed E-state index contributed by atoms with van der Waals surface area (Å²) in [6.07, 6.45) is 0. The average molecular weight is 251 g/mol. The molecule has 0 radical (unpaired) electrons. The topological polar surface area (TPSA) is 75.6 Å². The predicted molar refractivity (Wildman–Crippen MR) is 66.4 cm³/mol. The molecule has 1 amide bonds. The Morgan fingerprint density at radius 2 is 1.89 bits per heavy atom. The summed E-state index contributed by atoms with van der Waals surface area (Å²) >= 11 is 0. The highest BCUT2D eigenvalue weighted by Gasteiger charge is 2.28. The fourth-order valence-electron chi connectivity index (χ4n) is 1.24. The minimum atomic E-state index is -1.07. The van der Waals surface area contributed by atoms with Gasteiger partial charge in [-0.15, -0.1) is 0 Å². The first kappa shape index (κ1) is 14.0. The molecular formula is C13H17NO4. The van der Waals surface area contributed by atoms with Crippen LogP contribution in [0.1, 0.15) is 13.8 Å². The Kier molecular flexibility index (Phi) is 4.71. The van der Waals surface area contributed by atoms with Gasteiger partial charge >= 0.3 is 5.97 Å². The van der Waals surface area contributed by atoms with Gasteiger partial charge in [-0.25, -0.2) is 0 Å². The number of rotatable bonds is 6. The van der Waals surface area contributed by atoms with E-state index in [9.17, 15) is 9.59 Å². The van der Waals surface area contributed by atoms with E-state index in [1.807, 2.05) is 18.2 Å². The number of carboxylic acids is 1. The first-order chi connectivity index (χ1) is 8.42. The lowest BCUT2D eigenvalue weighted by molar-refractivity contribution is -0.140. The minimum absolute atomic E-state index is 0.183.